The summed E-state index contributed by atoms with van der Waals surface area (Å²) in [5, 5.41) is 11.8. The third-order valence-electron chi connectivity index (χ3n) is 5.16. The molecule has 0 saturated carbocycles. The number of nitrogens with zero attached hydrogens (tertiary/aromatic N) is 1. The molecular formula is C23H44N2O4. The van der Waals surface area contributed by atoms with E-state index in [0.29, 0.717) is 19.5 Å². The van der Waals surface area contributed by atoms with E-state index in [4.69, 9.17) is 5.11 Å². The first-order valence-electron chi connectivity index (χ1n) is 11.8. The summed E-state index contributed by atoms with van der Waals surface area (Å²) in [5.41, 5.74) is 0. The van der Waals surface area contributed by atoms with Crippen LogP contribution in [0.15, 0.2) is 0 Å². The Balaban J connectivity index is 4.64. The molecule has 0 fully saturated rings. The number of carboxylic acid groups (broad SMARTS) is 1. The van der Waals surface area contributed by atoms with Crippen LogP contribution in [0.2, 0.25) is 0 Å². The highest BCUT2D eigenvalue weighted by molar-refractivity contribution is 5.88. The molecule has 0 aliphatic rings. The summed E-state index contributed by atoms with van der Waals surface area (Å²) in [6, 6.07) is -0.739. The summed E-state index contributed by atoms with van der Waals surface area (Å²) < 4.78 is 0. The highest BCUT2D eigenvalue weighted by atomic mass is 16.4. The fraction of sp³-hybridized carbons (Fsp3) is 0.870. The van der Waals surface area contributed by atoms with Gasteiger partial charge in [0.25, 0.3) is 0 Å². The minimum absolute atomic E-state index is 0.122. The molecule has 0 rings (SSSR count). The van der Waals surface area contributed by atoms with Gasteiger partial charge in [0, 0.05) is 25.9 Å². The fourth-order valence-corrected chi connectivity index (χ4v) is 3.28. The number of nitrogens with one attached hydrogen (secondary N) is 1. The highest BCUT2D eigenvalue weighted by Crippen LogP contribution is 2.10. The molecule has 1 atom stereocenters. The molecule has 0 aliphatic carbocycles. The van der Waals surface area contributed by atoms with Crippen molar-refractivity contribution in [2.45, 2.75) is 117 Å². The van der Waals surface area contributed by atoms with Gasteiger partial charge in [-0.1, -0.05) is 72.1 Å². The van der Waals surface area contributed by atoms with Crippen molar-refractivity contribution in [1.29, 1.82) is 0 Å². The summed E-state index contributed by atoms with van der Waals surface area (Å²) >= 11 is 0. The maximum atomic E-state index is 13.0. The van der Waals surface area contributed by atoms with Gasteiger partial charge in [-0.25, -0.2) is 0 Å². The molecular weight excluding hydrogens is 368 g/mol. The molecule has 2 N–H and O–H groups in total. The van der Waals surface area contributed by atoms with Crippen molar-refractivity contribution in [2.24, 2.45) is 0 Å². The number of aliphatic carboxylic acids is 1. The second-order valence-electron chi connectivity index (χ2n) is 7.96. The molecule has 0 saturated heterocycles. The number of hydrogen-bond donors (Lipinski definition) is 2. The Morgan fingerprint density at radius 3 is 1.79 bits per heavy atom. The van der Waals surface area contributed by atoms with Crippen LogP contribution in [0.5, 0.6) is 0 Å². The maximum absolute atomic E-state index is 13.0. The summed E-state index contributed by atoms with van der Waals surface area (Å²) in [6.07, 6.45) is 12.1. The number of rotatable bonds is 19. The molecule has 6 heteroatoms. The maximum Gasteiger partial charge on any atom is 0.303 e. The van der Waals surface area contributed by atoms with Crippen LogP contribution in [0.4, 0.5) is 0 Å². The average molecular weight is 413 g/mol. The monoisotopic (exact) mass is 412 g/mol. The molecule has 0 spiro atoms. The predicted octanol–water partition coefficient (Wildman–Crippen LogP) is 4.91. The van der Waals surface area contributed by atoms with E-state index in [9.17, 15) is 14.4 Å². The first-order chi connectivity index (χ1) is 14.0. The zero-order chi connectivity index (χ0) is 21.9. The molecule has 0 radical (unpaired) electrons. The molecule has 0 bridgehead atoms. The Labute approximate surface area is 177 Å². The molecule has 0 aromatic rings. The van der Waals surface area contributed by atoms with Crippen LogP contribution in [0.3, 0.4) is 0 Å². The van der Waals surface area contributed by atoms with Gasteiger partial charge in [-0.15, -0.1) is 0 Å². The van der Waals surface area contributed by atoms with Crippen LogP contribution in [0.1, 0.15) is 111 Å². The van der Waals surface area contributed by atoms with Crippen molar-refractivity contribution in [1.82, 2.24) is 10.2 Å². The van der Waals surface area contributed by atoms with Gasteiger partial charge >= 0.3 is 5.97 Å². The summed E-state index contributed by atoms with van der Waals surface area (Å²) in [4.78, 5) is 38.2. The summed E-state index contributed by atoms with van der Waals surface area (Å²) in [5.74, 6) is -1.23. The van der Waals surface area contributed by atoms with Gasteiger partial charge in [-0.05, 0) is 25.7 Å². The number of carbonyl (C=O) groups excluding carboxylic acids is 2. The molecule has 29 heavy (non-hydrogen) atoms. The third kappa shape index (κ3) is 15.0. The number of carbonyl (C=O) groups is 3. The average Bonchev–Trinajstić information content (AvgIpc) is 2.70. The van der Waals surface area contributed by atoms with E-state index < -0.39 is 12.0 Å². The number of hydrogen-bond acceptors (Lipinski definition) is 3. The van der Waals surface area contributed by atoms with Gasteiger partial charge in [-0.3, -0.25) is 14.4 Å². The van der Waals surface area contributed by atoms with Crippen molar-refractivity contribution in [3.05, 3.63) is 0 Å². The van der Waals surface area contributed by atoms with E-state index in [1.54, 1.807) is 4.90 Å². The van der Waals surface area contributed by atoms with E-state index in [1.165, 1.54) is 25.7 Å². The van der Waals surface area contributed by atoms with Gasteiger partial charge in [0.15, 0.2) is 0 Å². The second kappa shape index (κ2) is 18.4. The Morgan fingerprint density at radius 2 is 1.28 bits per heavy atom. The second-order valence-corrected chi connectivity index (χ2v) is 7.96. The van der Waals surface area contributed by atoms with E-state index >= 15 is 0 Å². The third-order valence-corrected chi connectivity index (χ3v) is 5.16. The fourth-order valence-electron chi connectivity index (χ4n) is 3.28. The molecule has 1 unspecified atom stereocenters. The van der Waals surface area contributed by atoms with Crippen LogP contribution in [-0.4, -0.2) is 46.9 Å². The van der Waals surface area contributed by atoms with Gasteiger partial charge in [-0.2, -0.15) is 0 Å². The Morgan fingerprint density at radius 1 is 0.759 bits per heavy atom. The van der Waals surface area contributed by atoms with Crippen LogP contribution in [0, 0.1) is 0 Å². The van der Waals surface area contributed by atoms with Crippen LogP contribution in [-0.2, 0) is 14.4 Å². The van der Waals surface area contributed by atoms with Crippen molar-refractivity contribution < 1.29 is 19.5 Å². The van der Waals surface area contributed by atoms with Gasteiger partial charge in [0.1, 0.15) is 6.04 Å². The quantitative estimate of drug-likeness (QED) is 0.295. The van der Waals surface area contributed by atoms with Gasteiger partial charge in [0.2, 0.25) is 11.8 Å². The van der Waals surface area contributed by atoms with E-state index in [0.717, 1.165) is 44.9 Å². The minimum Gasteiger partial charge on any atom is -0.481 e. The molecule has 170 valence electrons. The van der Waals surface area contributed by atoms with Gasteiger partial charge in [0.05, 0.1) is 0 Å². The normalized spacial score (nSPS) is 11.8. The first-order valence-corrected chi connectivity index (χ1v) is 11.8. The topological polar surface area (TPSA) is 86.7 Å². The molecule has 0 aromatic carbocycles. The van der Waals surface area contributed by atoms with Crippen molar-refractivity contribution >= 4 is 17.8 Å². The van der Waals surface area contributed by atoms with E-state index in [1.807, 2.05) is 0 Å². The number of carboxylic acids is 1. The Hall–Kier alpha value is -1.59. The lowest BCUT2D eigenvalue weighted by Gasteiger charge is -2.28. The highest BCUT2D eigenvalue weighted by Gasteiger charge is 2.26. The lowest BCUT2D eigenvalue weighted by Crippen LogP contribution is -2.49. The minimum atomic E-state index is -0.946. The first kappa shape index (κ1) is 27.4. The van der Waals surface area contributed by atoms with E-state index in [2.05, 4.69) is 26.1 Å². The number of unbranched alkanes of at least 4 members (excludes halogenated alkanes) is 8. The Kier molecular flexibility index (Phi) is 17.4. The smallest absolute Gasteiger partial charge is 0.303 e. The van der Waals surface area contributed by atoms with Crippen molar-refractivity contribution in [2.75, 3.05) is 13.1 Å². The largest absolute Gasteiger partial charge is 0.481 e. The zero-order valence-corrected chi connectivity index (χ0v) is 19.0. The van der Waals surface area contributed by atoms with Crippen molar-refractivity contribution in [3.63, 3.8) is 0 Å². The van der Waals surface area contributed by atoms with Crippen LogP contribution in [0.25, 0.3) is 0 Å². The Bertz CT molecular complexity index is 446. The van der Waals surface area contributed by atoms with Crippen LogP contribution < -0.4 is 5.32 Å². The predicted molar refractivity (Wildman–Crippen MR) is 118 cm³/mol. The van der Waals surface area contributed by atoms with Crippen LogP contribution >= 0.6 is 0 Å². The summed E-state index contributed by atoms with van der Waals surface area (Å²) in [6.45, 7) is 7.67. The molecule has 6 nitrogen and oxygen atoms in total. The van der Waals surface area contributed by atoms with E-state index in [-0.39, 0.29) is 24.7 Å². The molecule has 0 aliphatic heterocycles. The molecule has 2 amide bonds. The zero-order valence-electron chi connectivity index (χ0n) is 19.0. The lowest BCUT2D eigenvalue weighted by molar-refractivity contribution is -0.139. The standard InChI is InChI=1S/C23H44N2O4/c1-4-7-10-11-12-13-14-15-21(26)24-20(16-17-22(27)28)23(29)25(18-8-5-2)19-9-6-3/h20H,4-19H2,1-3H3,(H,24,26)(H,27,28). The molecule has 0 aromatic heterocycles. The summed E-state index contributed by atoms with van der Waals surface area (Å²) in [7, 11) is 0. The SMILES string of the molecule is CCCCCCCCCC(=O)NC(CCC(=O)O)C(=O)N(CCCC)CCCC. The van der Waals surface area contributed by atoms with Crippen molar-refractivity contribution in [3.8, 4) is 0 Å². The van der Waals surface area contributed by atoms with Gasteiger partial charge < -0.3 is 15.3 Å². The molecule has 0 heterocycles. The lowest BCUT2D eigenvalue weighted by atomic mass is 10.1. The number of amides is 2.